The molecular formula is C36H31ClN2O2. The third-order valence-corrected chi connectivity index (χ3v) is 8.69. The number of para-hydroxylation sites is 1. The van der Waals surface area contributed by atoms with Gasteiger partial charge in [-0.1, -0.05) is 92.2 Å². The van der Waals surface area contributed by atoms with E-state index < -0.39 is 5.97 Å². The molecule has 5 heteroatoms. The Bertz CT molecular complexity index is 1940. The number of carboxylic acid groups (broad SMARTS) is 1. The highest BCUT2D eigenvalue weighted by Gasteiger charge is 2.36. The van der Waals surface area contributed by atoms with E-state index in [0.29, 0.717) is 11.4 Å². The van der Waals surface area contributed by atoms with Gasteiger partial charge in [0, 0.05) is 27.7 Å². The van der Waals surface area contributed by atoms with Crippen LogP contribution in [0.4, 0.5) is 5.69 Å². The summed E-state index contributed by atoms with van der Waals surface area (Å²) >= 11 is 6.68. The molecule has 0 radical (unpaired) electrons. The second-order valence-corrected chi connectivity index (χ2v) is 11.9. The molecule has 1 heterocycles. The quantitative estimate of drug-likeness (QED) is 0.164. The van der Waals surface area contributed by atoms with Crippen molar-refractivity contribution < 1.29 is 9.90 Å². The molecule has 0 saturated heterocycles. The minimum absolute atomic E-state index is 0.146. The first-order valence-electron chi connectivity index (χ1n) is 13.8. The number of carboxylic acids is 1. The number of rotatable bonds is 2. The van der Waals surface area contributed by atoms with Crippen LogP contribution in [0.1, 0.15) is 46.8 Å². The largest absolute Gasteiger partial charge is 0.478 e. The van der Waals surface area contributed by atoms with Crippen molar-refractivity contribution in [3.05, 3.63) is 131 Å². The van der Waals surface area contributed by atoms with Crippen molar-refractivity contribution in [2.24, 2.45) is 5.41 Å². The fourth-order valence-electron chi connectivity index (χ4n) is 6.34. The van der Waals surface area contributed by atoms with Crippen LogP contribution in [-0.2, 0) is 12.8 Å². The van der Waals surface area contributed by atoms with Gasteiger partial charge in [-0.25, -0.2) is 4.79 Å². The number of hydrogen-bond donors (Lipinski definition) is 2. The Balaban J connectivity index is 0.000000195. The average Bonchev–Trinajstić information content (AvgIpc) is 2.96. The molecule has 6 aromatic rings. The van der Waals surface area contributed by atoms with E-state index in [1.807, 2.05) is 18.2 Å². The summed E-state index contributed by atoms with van der Waals surface area (Å²) in [6.45, 7) is 4.76. The zero-order valence-electron chi connectivity index (χ0n) is 23.1. The molecule has 0 spiro atoms. The minimum Gasteiger partial charge on any atom is -0.478 e. The fraction of sp³-hybridized carbons (Fsp3) is 0.167. The lowest BCUT2D eigenvalue weighted by atomic mass is 9.63. The predicted octanol–water partition coefficient (Wildman–Crippen LogP) is 9.07. The highest BCUT2D eigenvalue weighted by molar-refractivity contribution is 6.37. The van der Waals surface area contributed by atoms with Gasteiger partial charge in [-0.2, -0.15) is 0 Å². The number of halogens is 1. The maximum absolute atomic E-state index is 10.8. The Kier molecular flexibility index (Phi) is 6.88. The van der Waals surface area contributed by atoms with Crippen LogP contribution in [0.2, 0.25) is 5.02 Å². The topological polar surface area (TPSA) is 76.2 Å². The van der Waals surface area contributed by atoms with Gasteiger partial charge in [-0.3, -0.25) is 4.98 Å². The van der Waals surface area contributed by atoms with Gasteiger partial charge in [0.25, 0.3) is 0 Å². The molecule has 0 amide bonds. The van der Waals surface area contributed by atoms with Gasteiger partial charge in [0.05, 0.1) is 11.1 Å². The van der Waals surface area contributed by atoms with E-state index in [4.69, 9.17) is 22.4 Å². The number of carbonyl (C=O) groups is 1. The maximum Gasteiger partial charge on any atom is 0.337 e. The molecule has 0 saturated carbocycles. The molecule has 7 rings (SSSR count). The standard InChI is InChI=1S/C26H24ClN.C10H7NO2/c1-26(2)15-23-16(13-24(26)17-6-5-7-18(28)12-17)10-11-20-19-8-3-4-9-21(19)25(27)14-22(20)23;12-10(13)8-5-1-3-7-4-2-6-11-9(7)8/h3-12,14,24H,13,15,28H2,1-2H3;1-6H,(H,12,13). The van der Waals surface area contributed by atoms with E-state index in [1.54, 1.807) is 24.4 Å². The predicted molar refractivity (Wildman–Crippen MR) is 170 cm³/mol. The molecule has 0 fully saturated rings. The molecule has 5 aromatic carbocycles. The summed E-state index contributed by atoms with van der Waals surface area (Å²) in [7, 11) is 0. The van der Waals surface area contributed by atoms with Gasteiger partial charge >= 0.3 is 5.97 Å². The Morgan fingerprint density at radius 2 is 1.61 bits per heavy atom. The van der Waals surface area contributed by atoms with E-state index >= 15 is 0 Å². The van der Waals surface area contributed by atoms with Crippen LogP contribution in [0.15, 0.2) is 103 Å². The summed E-state index contributed by atoms with van der Waals surface area (Å²) < 4.78 is 0. The number of pyridine rings is 1. The molecular weight excluding hydrogens is 528 g/mol. The van der Waals surface area contributed by atoms with Gasteiger partial charge in [0.15, 0.2) is 0 Å². The monoisotopic (exact) mass is 558 g/mol. The van der Waals surface area contributed by atoms with Crippen LogP contribution in [0.3, 0.4) is 0 Å². The summed E-state index contributed by atoms with van der Waals surface area (Å²) in [4.78, 5) is 14.8. The van der Waals surface area contributed by atoms with E-state index in [-0.39, 0.29) is 11.0 Å². The van der Waals surface area contributed by atoms with Crippen molar-refractivity contribution in [2.45, 2.75) is 32.6 Å². The Morgan fingerprint density at radius 3 is 2.39 bits per heavy atom. The van der Waals surface area contributed by atoms with Crippen molar-refractivity contribution >= 4 is 55.7 Å². The zero-order valence-corrected chi connectivity index (χ0v) is 23.8. The second kappa shape index (κ2) is 10.5. The number of nitrogens with two attached hydrogens (primary N) is 1. The highest BCUT2D eigenvalue weighted by Crippen LogP contribution is 2.48. The number of benzene rings is 5. The first-order valence-corrected chi connectivity index (χ1v) is 14.1. The second-order valence-electron chi connectivity index (χ2n) is 11.5. The van der Waals surface area contributed by atoms with Gasteiger partial charge in [0.1, 0.15) is 0 Å². The smallest absolute Gasteiger partial charge is 0.337 e. The minimum atomic E-state index is -0.940. The average molecular weight is 559 g/mol. The highest BCUT2D eigenvalue weighted by atomic mass is 35.5. The molecule has 1 atom stereocenters. The van der Waals surface area contributed by atoms with Crippen LogP contribution in [0, 0.1) is 5.41 Å². The van der Waals surface area contributed by atoms with Crippen LogP contribution in [-0.4, -0.2) is 16.1 Å². The summed E-state index contributed by atoms with van der Waals surface area (Å²) in [5.41, 5.74) is 12.1. The summed E-state index contributed by atoms with van der Waals surface area (Å²) in [6.07, 6.45) is 3.66. The normalized spacial score (nSPS) is 15.7. The van der Waals surface area contributed by atoms with E-state index in [0.717, 1.165) is 34.3 Å². The molecule has 1 aromatic heterocycles. The Labute approximate surface area is 244 Å². The lowest BCUT2D eigenvalue weighted by molar-refractivity contribution is 0.0699. The number of anilines is 1. The van der Waals surface area contributed by atoms with Crippen molar-refractivity contribution in [3.8, 4) is 0 Å². The molecule has 3 N–H and O–H groups in total. The molecule has 1 aliphatic rings. The van der Waals surface area contributed by atoms with Crippen LogP contribution >= 0.6 is 11.6 Å². The van der Waals surface area contributed by atoms with Crippen molar-refractivity contribution in [2.75, 3.05) is 5.73 Å². The number of nitrogen functional groups attached to an aromatic ring is 1. The van der Waals surface area contributed by atoms with Gasteiger partial charge in [0.2, 0.25) is 0 Å². The van der Waals surface area contributed by atoms with E-state index in [9.17, 15) is 4.79 Å². The molecule has 1 aliphatic carbocycles. The van der Waals surface area contributed by atoms with Crippen LogP contribution in [0.25, 0.3) is 32.4 Å². The maximum atomic E-state index is 10.8. The first kappa shape index (κ1) is 26.8. The fourth-order valence-corrected chi connectivity index (χ4v) is 6.61. The SMILES string of the molecule is CC1(C)Cc2c(ccc3c2cc(Cl)c2ccccc23)CC1c1cccc(N)c1.O=C(O)c1cccc2cccnc12. The van der Waals surface area contributed by atoms with Crippen molar-refractivity contribution in [3.63, 3.8) is 0 Å². The van der Waals surface area contributed by atoms with Gasteiger partial charge in [-0.15, -0.1) is 0 Å². The number of nitrogens with zero attached hydrogens (tertiary/aromatic N) is 1. The third-order valence-electron chi connectivity index (χ3n) is 8.38. The van der Waals surface area contributed by atoms with E-state index in [2.05, 4.69) is 79.5 Å². The number of aromatic carboxylic acids is 1. The molecule has 1 unspecified atom stereocenters. The third kappa shape index (κ3) is 5.00. The summed E-state index contributed by atoms with van der Waals surface area (Å²) in [5, 5.41) is 15.5. The van der Waals surface area contributed by atoms with Gasteiger partial charge in [-0.05, 0) is 87.4 Å². The van der Waals surface area contributed by atoms with Crippen molar-refractivity contribution in [1.29, 1.82) is 0 Å². The van der Waals surface area contributed by atoms with Crippen LogP contribution < -0.4 is 5.73 Å². The molecule has 204 valence electrons. The number of fused-ring (bicyclic) bond motifs is 6. The lowest BCUT2D eigenvalue weighted by Crippen LogP contribution is -2.31. The summed E-state index contributed by atoms with van der Waals surface area (Å²) in [5.74, 6) is -0.485. The number of aromatic nitrogens is 1. The molecule has 41 heavy (non-hydrogen) atoms. The summed E-state index contributed by atoms with van der Waals surface area (Å²) in [6, 6.07) is 32.4. The van der Waals surface area contributed by atoms with Crippen LogP contribution in [0.5, 0.6) is 0 Å². The Hall–Kier alpha value is -4.41. The molecule has 4 nitrogen and oxygen atoms in total. The lowest BCUT2D eigenvalue weighted by Gasteiger charge is -2.41. The Morgan fingerprint density at radius 1 is 0.878 bits per heavy atom. The first-order chi connectivity index (χ1) is 19.7. The molecule has 0 bridgehead atoms. The zero-order chi connectivity index (χ0) is 28.7. The van der Waals surface area contributed by atoms with Crippen molar-refractivity contribution in [1.82, 2.24) is 4.98 Å². The van der Waals surface area contributed by atoms with E-state index in [1.165, 1.54) is 32.8 Å². The molecule has 0 aliphatic heterocycles. The number of hydrogen-bond acceptors (Lipinski definition) is 3. The van der Waals surface area contributed by atoms with Gasteiger partial charge < -0.3 is 10.8 Å².